The van der Waals surface area contributed by atoms with E-state index in [1.165, 1.54) is 17.4 Å². The van der Waals surface area contributed by atoms with Crippen LogP contribution < -0.4 is 0 Å². The molecular weight excluding hydrogens is 397 g/mol. The second-order valence-corrected chi connectivity index (χ2v) is 8.15. The molecule has 0 spiro atoms. The molecule has 0 aliphatic carbocycles. The van der Waals surface area contributed by atoms with Crippen molar-refractivity contribution in [2.24, 2.45) is 0 Å². The van der Waals surface area contributed by atoms with Crippen molar-refractivity contribution in [1.82, 2.24) is 4.31 Å². The molecule has 0 amide bonds. The van der Waals surface area contributed by atoms with E-state index in [1.807, 2.05) is 24.3 Å². The van der Waals surface area contributed by atoms with E-state index in [0.717, 1.165) is 10.0 Å². The summed E-state index contributed by atoms with van der Waals surface area (Å²) in [5.74, 6) is 0. The van der Waals surface area contributed by atoms with Crippen LogP contribution in [0.2, 0.25) is 10.0 Å². The smallest absolute Gasteiger partial charge is 0.207 e. The third-order valence-corrected chi connectivity index (χ3v) is 6.23. The first-order chi connectivity index (χ1) is 9.82. The van der Waals surface area contributed by atoms with Gasteiger partial charge in [-0.25, -0.2) is 8.42 Å². The molecule has 0 unspecified atom stereocenters. The number of hydrogen-bond acceptors (Lipinski definition) is 2. The molecule has 0 radical (unpaired) electrons. The van der Waals surface area contributed by atoms with Crippen LogP contribution in [0, 0.1) is 0 Å². The first-order valence-electron chi connectivity index (χ1n) is 5.97. The maximum absolute atomic E-state index is 12.6. The zero-order valence-corrected chi connectivity index (χ0v) is 15.0. The maximum Gasteiger partial charge on any atom is 0.244 e. The molecule has 3 nitrogen and oxygen atoms in total. The Kier molecular flexibility index (Phi) is 5.33. The van der Waals surface area contributed by atoms with Crippen LogP contribution in [-0.2, 0) is 16.6 Å². The lowest BCUT2D eigenvalue weighted by molar-refractivity contribution is 0.467. The van der Waals surface area contributed by atoms with Gasteiger partial charge in [0.1, 0.15) is 4.90 Å². The van der Waals surface area contributed by atoms with E-state index in [-0.39, 0.29) is 21.5 Å². The average molecular weight is 409 g/mol. The molecule has 2 rings (SSSR count). The number of benzene rings is 2. The zero-order chi connectivity index (χ0) is 15.6. The molecule has 2 aromatic rings. The lowest BCUT2D eigenvalue weighted by Crippen LogP contribution is -2.26. The first-order valence-corrected chi connectivity index (χ1v) is 8.96. The Morgan fingerprint density at radius 1 is 1.10 bits per heavy atom. The summed E-state index contributed by atoms with van der Waals surface area (Å²) >= 11 is 15.2. The summed E-state index contributed by atoms with van der Waals surface area (Å²) in [4.78, 5) is 0.0104. The highest BCUT2D eigenvalue weighted by atomic mass is 79.9. The molecule has 0 fully saturated rings. The summed E-state index contributed by atoms with van der Waals surface area (Å²) in [5, 5.41) is 0.261. The summed E-state index contributed by atoms with van der Waals surface area (Å²) in [6.45, 7) is 0.248. The van der Waals surface area contributed by atoms with Gasteiger partial charge in [-0.2, -0.15) is 4.31 Å². The van der Waals surface area contributed by atoms with Crippen LogP contribution in [0.5, 0.6) is 0 Å². The SMILES string of the molecule is CN(Cc1ccc(Br)cc1)S(=O)(=O)c1cccc(Cl)c1Cl. The quantitative estimate of drug-likeness (QED) is 0.742. The van der Waals surface area contributed by atoms with E-state index in [1.54, 1.807) is 12.1 Å². The van der Waals surface area contributed by atoms with Crippen LogP contribution in [0.3, 0.4) is 0 Å². The van der Waals surface area contributed by atoms with Gasteiger partial charge in [-0.3, -0.25) is 0 Å². The normalized spacial score (nSPS) is 11.9. The lowest BCUT2D eigenvalue weighted by Gasteiger charge is -2.18. The second-order valence-electron chi connectivity index (χ2n) is 4.44. The van der Waals surface area contributed by atoms with Gasteiger partial charge < -0.3 is 0 Å². The van der Waals surface area contributed by atoms with E-state index < -0.39 is 10.0 Å². The molecule has 112 valence electrons. The lowest BCUT2D eigenvalue weighted by atomic mass is 10.2. The van der Waals surface area contributed by atoms with Gasteiger partial charge in [0.05, 0.1) is 10.0 Å². The van der Waals surface area contributed by atoms with E-state index >= 15 is 0 Å². The van der Waals surface area contributed by atoms with E-state index in [0.29, 0.717) is 0 Å². The molecule has 0 saturated heterocycles. The molecule has 0 N–H and O–H groups in total. The summed E-state index contributed by atoms with van der Waals surface area (Å²) in [7, 11) is -2.19. The van der Waals surface area contributed by atoms with E-state index in [9.17, 15) is 8.42 Å². The van der Waals surface area contributed by atoms with Crippen LogP contribution in [0.1, 0.15) is 5.56 Å². The molecular formula is C14H12BrCl2NO2S. The zero-order valence-electron chi connectivity index (χ0n) is 11.1. The molecule has 0 heterocycles. The van der Waals surface area contributed by atoms with E-state index in [4.69, 9.17) is 23.2 Å². The van der Waals surface area contributed by atoms with Crippen molar-refractivity contribution in [2.75, 3.05) is 7.05 Å². The van der Waals surface area contributed by atoms with Crippen LogP contribution in [0.15, 0.2) is 51.8 Å². The van der Waals surface area contributed by atoms with Crippen molar-refractivity contribution in [2.45, 2.75) is 11.4 Å². The monoisotopic (exact) mass is 407 g/mol. The van der Waals surface area contributed by atoms with Crippen LogP contribution in [0.25, 0.3) is 0 Å². The molecule has 0 aromatic heterocycles. The molecule has 21 heavy (non-hydrogen) atoms. The minimum absolute atomic E-state index is 0.0104. The summed E-state index contributed by atoms with van der Waals surface area (Å²) < 4.78 is 27.3. The molecule has 0 bridgehead atoms. The van der Waals surface area contributed by atoms with Gasteiger partial charge in [-0.05, 0) is 29.8 Å². The third-order valence-electron chi connectivity index (χ3n) is 2.92. The van der Waals surface area contributed by atoms with Crippen molar-refractivity contribution in [3.8, 4) is 0 Å². The molecule has 0 saturated carbocycles. The van der Waals surface area contributed by atoms with Crippen molar-refractivity contribution >= 4 is 49.2 Å². The topological polar surface area (TPSA) is 37.4 Å². The van der Waals surface area contributed by atoms with E-state index in [2.05, 4.69) is 15.9 Å². The van der Waals surface area contributed by atoms with Crippen molar-refractivity contribution in [1.29, 1.82) is 0 Å². The molecule has 0 aliphatic rings. The Labute approximate surface area is 142 Å². The molecule has 0 aliphatic heterocycles. The number of rotatable bonds is 4. The summed E-state index contributed by atoms with van der Waals surface area (Å²) in [6, 6.07) is 12.0. The van der Waals surface area contributed by atoms with Gasteiger partial charge in [0, 0.05) is 18.1 Å². The number of halogens is 3. The number of hydrogen-bond donors (Lipinski definition) is 0. The highest BCUT2D eigenvalue weighted by molar-refractivity contribution is 9.10. The van der Waals surface area contributed by atoms with Gasteiger partial charge in [-0.1, -0.05) is 57.3 Å². The summed E-state index contributed by atoms with van der Waals surface area (Å²) in [6.07, 6.45) is 0. The van der Waals surface area contributed by atoms with Crippen LogP contribution in [-0.4, -0.2) is 19.8 Å². The Bertz CT molecular complexity index is 748. The molecule has 0 atom stereocenters. The first kappa shape index (κ1) is 16.8. The maximum atomic E-state index is 12.6. The Balaban J connectivity index is 2.30. The molecule has 7 heteroatoms. The predicted octanol–water partition coefficient (Wildman–Crippen LogP) is 4.58. The largest absolute Gasteiger partial charge is 0.244 e. The predicted molar refractivity (Wildman–Crippen MR) is 89.3 cm³/mol. The minimum atomic E-state index is -3.70. The minimum Gasteiger partial charge on any atom is -0.207 e. The van der Waals surface area contributed by atoms with Crippen molar-refractivity contribution in [3.05, 3.63) is 62.5 Å². The van der Waals surface area contributed by atoms with Gasteiger partial charge in [0.15, 0.2) is 0 Å². The van der Waals surface area contributed by atoms with Gasteiger partial charge >= 0.3 is 0 Å². The highest BCUT2D eigenvalue weighted by Gasteiger charge is 2.24. The summed E-state index contributed by atoms with van der Waals surface area (Å²) in [5.41, 5.74) is 0.877. The van der Waals surface area contributed by atoms with Gasteiger partial charge in [-0.15, -0.1) is 0 Å². The Hall–Kier alpha value is -0.590. The van der Waals surface area contributed by atoms with Crippen molar-refractivity contribution in [3.63, 3.8) is 0 Å². The fraction of sp³-hybridized carbons (Fsp3) is 0.143. The standard InChI is InChI=1S/C14H12BrCl2NO2S/c1-18(9-10-5-7-11(15)8-6-10)21(19,20)13-4-2-3-12(16)14(13)17/h2-8H,9H2,1H3. The second kappa shape index (κ2) is 6.67. The van der Waals surface area contributed by atoms with Crippen molar-refractivity contribution < 1.29 is 8.42 Å². The number of nitrogens with zero attached hydrogens (tertiary/aromatic N) is 1. The van der Waals surface area contributed by atoms with Gasteiger partial charge in [0.25, 0.3) is 0 Å². The van der Waals surface area contributed by atoms with Crippen LogP contribution >= 0.6 is 39.1 Å². The highest BCUT2D eigenvalue weighted by Crippen LogP contribution is 2.31. The fourth-order valence-electron chi connectivity index (χ4n) is 1.78. The third kappa shape index (κ3) is 3.79. The average Bonchev–Trinajstić information content (AvgIpc) is 2.44. The fourth-order valence-corrected chi connectivity index (χ4v) is 3.94. The van der Waals surface area contributed by atoms with Gasteiger partial charge in [0.2, 0.25) is 10.0 Å². The molecule has 2 aromatic carbocycles. The number of sulfonamides is 1. The Morgan fingerprint density at radius 3 is 2.33 bits per heavy atom. The Morgan fingerprint density at radius 2 is 1.71 bits per heavy atom. The van der Waals surface area contributed by atoms with Crippen LogP contribution in [0.4, 0.5) is 0 Å².